The van der Waals surface area contributed by atoms with Crippen molar-refractivity contribution in [2.75, 3.05) is 38.6 Å². The molecule has 5 atom stereocenters. The van der Waals surface area contributed by atoms with Gasteiger partial charge < -0.3 is 25.0 Å². The molecule has 0 aliphatic carbocycles. The summed E-state index contributed by atoms with van der Waals surface area (Å²) in [7, 11) is -1.88. The third kappa shape index (κ3) is 18.2. The molecule has 3 N–H and O–H groups in total. The van der Waals surface area contributed by atoms with Crippen LogP contribution in [-0.2, 0) is 18.6 Å². The number of allylic oxidation sites excluding steroid dienone is 12. The Bertz CT molecular complexity index is 1790. The molecule has 2 heterocycles. The summed E-state index contributed by atoms with van der Waals surface area (Å²) in [5, 5.41) is 10.8. The number of nitrogens with zero attached hydrogens (tertiary/aromatic N) is 3. The number of anilines is 1. The highest BCUT2D eigenvalue weighted by Crippen LogP contribution is 2.50. The van der Waals surface area contributed by atoms with Gasteiger partial charge >= 0.3 is 13.3 Å². The van der Waals surface area contributed by atoms with Crippen LogP contribution in [0.15, 0.2) is 120 Å². The monoisotopic (exact) mass is 822 g/mol. The van der Waals surface area contributed by atoms with Crippen LogP contribution in [-0.4, -0.2) is 76.1 Å². The van der Waals surface area contributed by atoms with E-state index >= 15 is 4.39 Å². The van der Waals surface area contributed by atoms with Gasteiger partial charge in [-0.15, -0.1) is 0 Å². The van der Waals surface area contributed by atoms with E-state index in [1.54, 1.807) is 30.3 Å². The minimum atomic E-state index is -3.82. The molecule has 1 aromatic carbocycles. The van der Waals surface area contributed by atoms with Gasteiger partial charge in [0.05, 0.1) is 12.8 Å². The number of carbonyl (C=O) groups is 1. The highest BCUT2D eigenvalue weighted by atomic mass is 31.2. The second kappa shape index (κ2) is 26.7. The molecular formula is C45H64FN4O7P. The Labute approximate surface area is 344 Å². The zero-order chi connectivity index (χ0) is 42.1. The van der Waals surface area contributed by atoms with Crippen molar-refractivity contribution >= 4 is 19.2 Å². The summed E-state index contributed by atoms with van der Waals surface area (Å²) in [6.45, 7) is 4.06. The van der Waals surface area contributed by atoms with E-state index in [4.69, 9.17) is 19.5 Å². The van der Waals surface area contributed by atoms with Gasteiger partial charge in [0.15, 0.2) is 11.9 Å². The Hall–Kier alpha value is -4.19. The Kier molecular flexibility index (Phi) is 22.2. The maximum Gasteiger partial charge on any atom is 0.379 e. The van der Waals surface area contributed by atoms with Crippen molar-refractivity contribution < 1.29 is 32.6 Å². The van der Waals surface area contributed by atoms with Crippen LogP contribution in [0.4, 0.5) is 10.2 Å². The lowest BCUT2D eigenvalue weighted by Gasteiger charge is -2.25. The smallest absolute Gasteiger partial charge is 0.379 e. The van der Waals surface area contributed by atoms with Gasteiger partial charge in [-0.1, -0.05) is 98.0 Å². The molecule has 0 radical (unpaired) electrons. The number of nitrogen functional groups attached to an aromatic ring is 1. The maximum absolute atomic E-state index is 15.7. The Morgan fingerprint density at radius 3 is 2.09 bits per heavy atom. The fourth-order valence-electron chi connectivity index (χ4n) is 6.12. The van der Waals surface area contributed by atoms with Gasteiger partial charge in [-0.3, -0.25) is 13.9 Å². The topological polar surface area (TPSA) is 146 Å². The number of benzene rings is 1. The van der Waals surface area contributed by atoms with Gasteiger partial charge in [0, 0.05) is 19.0 Å². The molecule has 2 aromatic rings. The molecule has 1 saturated heterocycles. The van der Waals surface area contributed by atoms with Crippen molar-refractivity contribution in [2.45, 2.75) is 109 Å². The number of alkyl halides is 1. The molecule has 1 aromatic heterocycles. The van der Waals surface area contributed by atoms with Crippen LogP contribution in [0.3, 0.4) is 0 Å². The summed E-state index contributed by atoms with van der Waals surface area (Å²) in [5.74, 6) is 0.524. The van der Waals surface area contributed by atoms with Crippen LogP contribution < -0.4 is 15.9 Å². The standard InChI is InChI=1S/C45H64FN4O7P/c1-4-5-6-7-8-9-10-11-12-13-14-15-16-17-18-19-20-21-23-28-38(51)29-26-33-49(3)34-27-36-58(54,57-39-30-24-22-25-31-39)55-37-40-42(52)45(2,46)43(56-40)50-35-32-41(47)48-44(50)53/h5-6,8-9,11-12,14-15,17-18,20-22,24-25,30-32,35,40,42-43,52H,4,7,10,13,16,19,23,26-29,33-34,36-37H2,1-3H3,(H2,47,48,53)/b6-5-,9-8-,12-11-,15-14-,18-17-,21-20-/t40-,42-,43-,45-,58?/m1/s1. The molecule has 1 aliphatic rings. The maximum atomic E-state index is 15.7. The van der Waals surface area contributed by atoms with Crippen LogP contribution in [0.25, 0.3) is 0 Å². The largest absolute Gasteiger partial charge is 0.424 e. The van der Waals surface area contributed by atoms with Crippen LogP contribution in [0.2, 0.25) is 0 Å². The van der Waals surface area contributed by atoms with E-state index in [9.17, 15) is 19.3 Å². The average molecular weight is 823 g/mol. The lowest BCUT2D eigenvalue weighted by atomic mass is 9.98. The van der Waals surface area contributed by atoms with Gasteiger partial charge in [0.1, 0.15) is 29.6 Å². The van der Waals surface area contributed by atoms with Gasteiger partial charge in [-0.25, -0.2) is 13.8 Å². The zero-order valence-electron chi connectivity index (χ0n) is 34.4. The Morgan fingerprint density at radius 2 is 1.50 bits per heavy atom. The molecule has 0 spiro atoms. The van der Waals surface area contributed by atoms with Crippen molar-refractivity contribution in [3.8, 4) is 5.75 Å². The van der Waals surface area contributed by atoms with Gasteiger partial charge in [0.25, 0.3) is 0 Å². The molecule has 1 unspecified atom stereocenters. The van der Waals surface area contributed by atoms with Crippen molar-refractivity contribution in [2.24, 2.45) is 0 Å². The molecule has 58 heavy (non-hydrogen) atoms. The zero-order valence-corrected chi connectivity index (χ0v) is 35.3. The van der Waals surface area contributed by atoms with Crippen molar-refractivity contribution in [1.29, 1.82) is 0 Å². The third-order valence-electron chi connectivity index (χ3n) is 9.40. The molecule has 1 aliphatic heterocycles. The molecule has 0 amide bonds. The number of halogens is 1. The minimum absolute atomic E-state index is 0.0361. The second-order valence-electron chi connectivity index (χ2n) is 14.5. The number of hydrogen-bond acceptors (Lipinski definition) is 10. The highest BCUT2D eigenvalue weighted by molar-refractivity contribution is 7.54. The number of para-hydroxylation sites is 1. The Balaban J connectivity index is 1.32. The second-order valence-corrected chi connectivity index (χ2v) is 16.6. The fraction of sp³-hybridized carbons (Fsp3) is 0.489. The molecule has 11 nitrogen and oxygen atoms in total. The predicted octanol–water partition coefficient (Wildman–Crippen LogP) is 9.25. The first-order valence-electron chi connectivity index (χ1n) is 20.4. The number of carbonyl (C=O) groups excluding carboxylic acids is 1. The van der Waals surface area contributed by atoms with Crippen LogP contribution in [0, 0.1) is 0 Å². The van der Waals surface area contributed by atoms with Gasteiger partial charge in [0.2, 0.25) is 0 Å². The summed E-state index contributed by atoms with van der Waals surface area (Å²) < 4.78 is 48.0. The quantitative estimate of drug-likeness (QED) is 0.0629. The van der Waals surface area contributed by atoms with E-state index < -0.39 is 44.0 Å². The average Bonchev–Trinajstić information content (AvgIpc) is 3.41. The first-order chi connectivity index (χ1) is 27.9. The number of aromatic nitrogens is 2. The van der Waals surface area contributed by atoms with Gasteiger partial charge in [-0.2, -0.15) is 4.98 Å². The lowest BCUT2D eigenvalue weighted by molar-refractivity contribution is -0.119. The lowest BCUT2D eigenvalue weighted by Crippen LogP contribution is -2.43. The molecule has 13 heteroatoms. The minimum Gasteiger partial charge on any atom is -0.424 e. The summed E-state index contributed by atoms with van der Waals surface area (Å²) in [5.41, 5.74) is 2.34. The van der Waals surface area contributed by atoms with E-state index in [0.717, 1.165) is 56.4 Å². The highest BCUT2D eigenvalue weighted by Gasteiger charge is 2.55. The summed E-state index contributed by atoms with van der Waals surface area (Å²) in [6, 6.07) is 9.89. The molecular weight excluding hydrogens is 758 g/mol. The number of nitrogens with two attached hydrogens (primary N) is 1. The first-order valence-corrected chi connectivity index (χ1v) is 22.1. The normalized spacial score (nSPS) is 21.2. The molecule has 0 bridgehead atoms. The van der Waals surface area contributed by atoms with Crippen molar-refractivity contribution in [3.05, 3.63) is 126 Å². The number of ketones is 1. The van der Waals surface area contributed by atoms with E-state index in [1.807, 2.05) is 7.05 Å². The number of aliphatic hydroxyl groups is 1. The van der Waals surface area contributed by atoms with E-state index in [-0.39, 0.29) is 17.8 Å². The number of aliphatic hydroxyl groups excluding tert-OH is 1. The van der Waals surface area contributed by atoms with Crippen LogP contribution in [0.1, 0.15) is 90.7 Å². The molecule has 318 valence electrons. The van der Waals surface area contributed by atoms with E-state index in [0.29, 0.717) is 44.5 Å². The summed E-state index contributed by atoms with van der Waals surface area (Å²) in [4.78, 5) is 30.5. The van der Waals surface area contributed by atoms with Crippen molar-refractivity contribution in [1.82, 2.24) is 14.5 Å². The van der Waals surface area contributed by atoms with E-state index in [2.05, 4.69) is 89.7 Å². The number of rotatable bonds is 28. The first kappa shape index (κ1) is 48.2. The molecule has 3 rings (SSSR count). The van der Waals surface area contributed by atoms with E-state index in [1.165, 1.54) is 12.3 Å². The number of hydrogen-bond donors (Lipinski definition) is 2. The number of ether oxygens (including phenoxy) is 1. The third-order valence-corrected chi connectivity index (χ3v) is 11.3. The summed E-state index contributed by atoms with van der Waals surface area (Å²) >= 11 is 0. The fourth-order valence-corrected chi connectivity index (χ4v) is 7.74. The predicted molar refractivity (Wildman–Crippen MR) is 232 cm³/mol. The van der Waals surface area contributed by atoms with Crippen molar-refractivity contribution in [3.63, 3.8) is 0 Å². The molecule has 0 saturated carbocycles. The Morgan fingerprint density at radius 1 is 0.931 bits per heavy atom. The summed E-state index contributed by atoms with van der Waals surface area (Å²) in [6.07, 6.45) is 31.4. The molecule has 1 fully saturated rings. The number of Topliss-reactive ketones (excluding diaryl/α,β-unsaturated/α-hetero) is 1. The van der Waals surface area contributed by atoms with Crippen LogP contribution in [0.5, 0.6) is 5.75 Å². The van der Waals surface area contributed by atoms with Gasteiger partial charge in [-0.05, 0) is 103 Å². The SMILES string of the molecule is CC/C=C\C/C=C\C/C=C\C/C=C\C/C=C\C/C=C\CCC(=O)CCCN(C)CCCP(=O)(OC[C@H]1O[C@@H](n2ccc(N)nc2=O)[C@](C)(F)[C@@H]1O)Oc1ccccc1. The van der Waals surface area contributed by atoms with Crippen LogP contribution >= 0.6 is 7.60 Å².